The predicted molar refractivity (Wildman–Crippen MR) is 154 cm³/mol. The number of ether oxygens (including phenoxy) is 1. The molecule has 220 valence electrons. The van der Waals surface area contributed by atoms with Crippen LogP contribution in [0.1, 0.15) is 95.2 Å². The molecule has 1 aliphatic carbocycles. The Morgan fingerprint density at radius 1 is 1.12 bits per heavy atom. The Morgan fingerprint density at radius 3 is 2.42 bits per heavy atom. The van der Waals surface area contributed by atoms with E-state index in [1.807, 2.05) is 19.9 Å². The number of carboxylic acid groups (broad SMARTS) is 2. The molecule has 0 spiro atoms. The molecule has 1 aromatic rings. The lowest BCUT2D eigenvalue weighted by Gasteiger charge is -2.32. The third kappa shape index (κ3) is 9.54. The van der Waals surface area contributed by atoms with Crippen LogP contribution in [0.2, 0.25) is 0 Å². The SMILES string of the molecule is C=C(C)[C@@H]1CCC(C)=C[C@H]1c1c(C)cc(CCCCC)cc1OC(=O)N[C@@H](C)C(=O)N[C@@H](CCC(=O)O)C(=O)O. The van der Waals surface area contributed by atoms with E-state index in [9.17, 15) is 24.3 Å². The fourth-order valence-corrected chi connectivity index (χ4v) is 5.17. The molecular weight excluding hydrogens is 512 g/mol. The van der Waals surface area contributed by atoms with Crippen LogP contribution in [0.5, 0.6) is 5.75 Å². The second-order valence-electron chi connectivity index (χ2n) is 10.9. The highest BCUT2D eigenvalue weighted by Crippen LogP contribution is 2.44. The van der Waals surface area contributed by atoms with Crippen LogP contribution in [0.4, 0.5) is 4.79 Å². The van der Waals surface area contributed by atoms with Crippen LogP contribution in [0.3, 0.4) is 0 Å². The second kappa shape index (κ2) is 15.2. The topological polar surface area (TPSA) is 142 Å². The summed E-state index contributed by atoms with van der Waals surface area (Å²) >= 11 is 0. The predicted octanol–water partition coefficient (Wildman–Crippen LogP) is 5.65. The smallest absolute Gasteiger partial charge is 0.413 e. The maximum Gasteiger partial charge on any atom is 0.413 e. The lowest BCUT2D eigenvalue weighted by atomic mass is 9.73. The first kappa shape index (κ1) is 32.6. The number of carbonyl (C=O) groups excluding carboxylic acids is 2. The molecule has 9 heteroatoms. The summed E-state index contributed by atoms with van der Waals surface area (Å²) in [7, 11) is 0. The summed E-state index contributed by atoms with van der Waals surface area (Å²) in [6.45, 7) is 13.9. The van der Waals surface area contributed by atoms with Crippen LogP contribution in [0.15, 0.2) is 35.9 Å². The molecule has 1 aromatic carbocycles. The van der Waals surface area contributed by atoms with Crippen molar-refractivity contribution in [2.24, 2.45) is 5.92 Å². The number of benzene rings is 1. The molecule has 4 atom stereocenters. The zero-order valence-corrected chi connectivity index (χ0v) is 24.3. The van der Waals surface area contributed by atoms with Crippen molar-refractivity contribution >= 4 is 23.9 Å². The summed E-state index contributed by atoms with van der Waals surface area (Å²) in [5.74, 6) is -2.66. The number of amides is 2. The Hall–Kier alpha value is -3.62. The molecule has 0 aromatic heterocycles. The zero-order chi connectivity index (χ0) is 30.0. The molecule has 0 saturated carbocycles. The van der Waals surface area contributed by atoms with E-state index in [2.05, 4.69) is 43.2 Å². The summed E-state index contributed by atoms with van der Waals surface area (Å²) in [5.41, 5.74) is 5.34. The largest absolute Gasteiger partial charge is 0.481 e. The van der Waals surface area contributed by atoms with Crippen molar-refractivity contribution in [3.8, 4) is 5.75 Å². The molecule has 9 nitrogen and oxygen atoms in total. The van der Waals surface area contributed by atoms with Crippen molar-refractivity contribution in [1.82, 2.24) is 10.6 Å². The normalized spacial score (nSPS) is 18.2. The van der Waals surface area contributed by atoms with E-state index in [-0.39, 0.29) is 18.3 Å². The van der Waals surface area contributed by atoms with E-state index in [1.54, 1.807) is 0 Å². The summed E-state index contributed by atoms with van der Waals surface area (Å²) in [6, 6.07) is 1.55. The van der Waals surface area contributed by atoms with Crippen LogP contribution in [-0.4, -0.2) is 46.2 Å². The van der Waals surface area contributed by atoms with Crippen LogP contribution >= 0.6 is 0 Å². The van der Waals surface area contributed by atoms with Gasteiger partial charge in [-0.05, 0) is 82.9 Å². The lowest BCUT2D eigenvalue weighted by Crippen LogP contribution is -2.51. The van der Waals surface area contributed by atoms with Crippen LogP contribution in [-0.2, 0) is 20.8 Å². The average molecular weight is 557 g/mol. The minimum atomic E-state index is -1.39. The van der Waals surface area contributed by atoms with E-state index in [0.29, 0.717) is 5.75 Å². The number of rotatable bonds is 14. The van der Waals surface area contributed by atoms with Gasteiger partial charge in [0.1, 0.15) is 17.8 Å². The third-order valence-corrected chi connectivity index (χ3v) is 7.38. The molecule has 40 heavy (non-hydrogen) atoms. The highest BCUT2D eigenvalue weighted by molar-refractivity contribution is 5.89. The van der Waals surface area contributed by atoms with Crippen molar-refractivity contribution in [3.63, 3.8) is 0 Å². The Bertz CT molecular complexity index is 1140. The van der Waals surface area contributed by atoms with Gasteiger partial charge in [0.25, 0.3) is 0 Å². The zero-order valence-electron chi connectivity index (χ0n) is 24.3. The molecular formula is C31H44N2O7. The monoisotopic (exact) mass is 556 g/mol. The minimum Gasteiger partial charge on any atom is -0.481 e. The van der Waals surface area contributed by atoms with Gasteiger partial charge in [-0.15, -0.1) is 0 Å². The molecule has 2 rings (SSSR count). The van der Waals surface area contributed by atoms with E-state index in [1.165, 1.54) is 12.5 Å². The summed E-state index contributed by atoms with van der Waals surface area (Å²) in [4.78, 5) is 47.9. The summed E-state index contributed by atoms with van der Waals surface area (Å²) in [6.07, 6.45) is 6.68. The number of unbranched alkanes of at least 4 members (excludes halogenated alkanes) is 2. The van der Waals surface area contributed by atoms with Gasteiger partial charge in [0.2, 0.25) is 5.91 Å². The third-order valence-electron chi connectivity index (χ3n) is 7.38. The van der Waals surface area contributed by atoms with Gasteiger partial charge in [-0.2, -0.15) is 0 Å². The van der Waals surface area contributed by atoms with Gasteiger partial charge in [-0.25, -0.2) is 9.59 Å². The fourth-order valence-electron chi connectivity index (χ4n) is 5.17. The van der Waals surface area contributed by atoms with Gasteiger partial charge < -0.3 is 25.6 Å². The molecule has 0 unspecified atom stereocenters. The molecule has 0 radical (unpaired) electrons. The van der Waals surface area contributed by atoms with Crippen molar-refractivity contribution in [2.45, 2.75) is 104 Å². The summed E-state index contributed by atoms with van der Waals surface area (Å²) < 4.78 is 5.86. The van der Waals surface area contributed by atoms with Crippen molar-refractivity contribution in [1.29, 1.82) is 0 Å². The van der Waals surface area contributed by atoms with Gasteiger partial charge in [0.05, 0.1) is 0 Å². The molecule has 0 heterocycles. The van der Waals surface area contributed by atoms with Crippen LogP contribution in [0.25, 0.3) is 0 Å². The molecule has 1 aliphatic rings. The number of nitrogens with one attached hydrogen (secondary N) is 2. The quantitative estimate of drug-likeness (QED) is 0.171. The lowest BCUT2D eigenvalue weighted by molar-refractivity contribution is -0.143. The van der Waals surface area contributed by atoms with Crippen molar-refractivity contribution < 1.29 is 34.1 Å². The number of hydrogen-bond acceptors (Lipinski definition) is 5. The van der Waals surface area contributed by atoms with Crippen LogP contribution < -0.4 is 15.4 Å². The highest BCUT2D eigenvalue weighted by atomic mass is 16.6. The van der Waals surface area contributed by atoms with Crippen molar-refractivity contribution in [2.75, 3.05) is 0 Å². The average Bonchev–Trinajstić information content (AvgIpc) is 2.85. The molecule has 0 bridgehead atoms. The Balaban J connectivity index is 2.30. The number of allylic oxidation sites excluding steroid dienone is 3. The Kier molecular flexibility index (Phi) is 12.4. The maximum atomic E-state index is 13.0. The maximum absolute atomic E-state index is 13.0. The number of aryl methyl sites for hydroxylation is 2. The molecule has 0 aliphatic heterocycles. The van der Waals surface area contributed by atoms with Crippen LogP contribution in [0, 0.1) is 12.8 Å². The molecule has 0 saturated heterocycles. The minimum absolute atomic E-state index is 0.00924. The van der Waals surface area contributed by atoms with Gasteiger partial charge >= 0.3 is 18.0 Å². The van der Waals surface area contributed by atoms with Crippen molar-refractivity contribution in [3.05, 3.63) is 52.6 Å². The van der Waals surface area contributed by atoms with Gasteiger partial charge in [0, 0.05) is 17.9 Å². The molecule has 2 amide bonds. The number of aliphatic carboxylic acids is 2. The van der Waals surface area contributed by atoms with Gasteiger partial charge in [-0.1, -0.05) is 49.6 Å². The first-order valence-electron chi connectivity index (χ1n) is 14.0. The standard InChI is InChI=1S/C31H44N2O7/c1-7-8-9-10-22-16-20(5)28(24-15-19(4)11-12-23(24)18(2)3)26(17-22)40-31(39)32-21(6)29(36)33-25(30(37)38)13-14-27(34)35/h15-17,21,23-25H,2,7-14H2,1,3-6H3,(H,32,39)(H,33,36)(H,34,35)(H,37,38)/t21-,23-,24+,25-/m0/s1. The highest BCUT2D eigenvalue weighted by Gasteiger charge is 2.31. The van der Waals surface area contributed by atoms with Gasteiger partial charge in [-0.3, -0.25) is 9.59 Å². The first-order valence-corrected chi connectivity index (χ1v) is 14.0. The van der Waals surface area contributed by atoms with E-state index in [4.69, 9.17) is 9.84 Å². The fraction of sp³-hybridized carbons (Fsp3) is 0.548. The van der Waals surface area contributed by atoms with E-state index < -0.39 is 42.4 Å². The number of carboxylic acids is 2. The summed E-state index contributed by atoms with van der Waals surface area (Å²) in [5, 5.41) is 22.9. The molecule has 0 fully saturated rings. The first-order chi connectivity index (χ1) is 18.8. The Morgan fingerprint density at radius 2 is 1.82 bits per heavy atom. The van der Waals surface area contributed by atoms with E-state index in [0.717, 1.165) is 60.8 Å². The number of carbonyl (C=O) groups is 4. The number of hydrogen-bond donors (Lipinski definition) is 4. The van der Waals surface area contributed by atoms with Gasteiger partial charge in [0.15, 0.2) is 0 Å². The Labute approximate surface area is 237 Å². The molecule has 4 N–H and O–H groups in total. The second-order valence-corrected chi connectivity index (χ2v) is 10.9. The van der Waals surface area contributed by atoms with E-state index >= 15 is 0 Å².